The number of ether oxygens (including phenoxy) is 1. The molecule has 2 N–H and O–H groups in total. The maximum absolute atomic E-state index is 12.8. The summed E-state index contributed by atoms with van der Waals surface area (Å²) < 4.78 is 5.58. The quantitative estimate of drug-likeness (QED) is 0.897. The zero-order chi connectivity index (χ0) is 16.9. The lowest BCUT2D eigenvalue weighted by Crippen LogP contribution is -2.48. The van der Waals surface area contributed by atoms with Crippen LogP contribution in [0.2, 0.25) is 0 Å². The highest BCUT2D eigenvalue weighted by atomic mass is 32.1. The minimum atomic E-state index is 0.0423. The molecule has 0 aliphatic carbocycles. The van der Waals surface area contributed by atoms with E-state index in [2.05, 4.69) is 9.88 Å². The van der Waals surface area contributed by atoms with Crippen LogP contribution in [-0.4, -0.2) is 53.5 Å². The first-order chi connectivity index (χ1) is 11.7. The molecule has 0 unspecified atom stereocenters. The van der Waals surface area contributed by atoms with Gasteiger partial charge in [-0.3, -0.25) is 9.69 Å². The molecule has 1 fully saturated rings. The number of piperazine rings is 1. The molecule has 2 heterocycles. The fourth-order valence-electron chi connectivity index (χ4n) is 2.82. The van der Waals surface area contributed by atoms with Crippen molar-refractivity contribution in [2.75, 3.05) is 38.5 Å². The molecule has 0 saturated carbocycles. The molecule has 128 valence electrons. The van der Waals surface area contributed by atoms with Gasteiger partial charge in [-0.2, -0.15) is 0 Å². The Kier molecular flexibility index (Phi) is 5.32. The zero-order valence-corrected chi connectivity index (χ0v) is 14.6. The average molecular weight is 346 g/mol. The predicted octanol–water partition coefficient (Wildman–Crippen LogP) is 2.08. The number of nitrogens with two attached hydrogens (primary N) is 1. The van der Waals surface area contributed by atoms with Crippen LogP contribution in [-0.2, 0) is 6.54 Å². The number of amides is 1. The van der Waals surface area contributed by atoms with Crippen LogP contribution in [0, 0.1) is 0 Å². The topological polar surface area (TPSA) is 71.7 Å². The molecule has 1 aromatic heterocycles. The fourth-order valence-corrected chi connectivity index (χ4v) is 3.55. The second-order valence-corrected chi connectivity index (χ2v) is 6.81. The number of anilines is 1. The number of benzene rings is 1. The number of aromatic nitrogens is 1. The van der Waals surface area contributed by atoms with Gasteiger partial charge in [-0.05, 0) is 19.1 Å². The van der Waals surface area contributed by atoms with E-state index in [0.29, 0.717) is 36.1 Å². The van der Waals surface area contributed by atoms with E-state index in [1.165, 1.54) is 11.3 Å². The third-order valence-corrected chi connectivity index (χ3v) is 4.84. The van der Waals surface area contributed by atoms with E-state index in [1.54, 1.807) is 0 Å². The second kappa shape index (κ2) is 7.63. The molecule has 0 bridgehead atoms. The smallest absolute Gasteiger partial charge is 0.257 e. The number of nitrogen functional groups attached to an aromatic ring is 1. The van der Waals surface area contributed by atoms with Gasteiger partial charge in [-0.25, -0.2) is 4.98 Å². The normalized spacial score (nSPS) is 15.5. The first-order valence-electron chi connectivity index (χ1n) is 8.11. The van der Waals surface area contributed by atoms with Gasteiger partial charge in [0, 0.05) is 43.8 Å². The van der Waals surface area contributed by atoms with Crippen molar-refractivity contribution in [3.05, 3.63) is 40.9 Å². The Morgan fingerprint density at radius 3 is 2.71 bits per heavy atom. The van der Waals surface area contributed by atoms with Gasteiger partial charge in [0.25, 0.3) is 5.91 Å². The Balaban J connectivity index is 1.59. The maximum Gasteiger partial charge on any atom is 0.257 e. The Morgan fingerprint density at radius 1 is 1.29 bits per heavy atom. The third-order valence-electron chi connectivity index (χ3n) is 4.03. The summed E-state index contributed by atoms with van der Waals surface area (Å²) in [6.45, 7) is 6.44. The molecule has 0 atom stereocenters. The van der Waals surface area contributed by atoms with Crippen LogP contribution in [0.15, 0.2) is 30.5 Å². The number of thiazole rings is 1. The molecule has 2 aromatic rings. The maximum atomic E-state index is 12.8. The lowest BCUT2D eigenvalue weighted by atomic mass is 10.1. The van der Waals surface area contributed by atoms with E-state index in [9.17, 15) is 4.79 Å². The van der Waals surface area contributed by atoms with Gasteiger partial charge >= 0.3 is 0 Å². The van der Waals surface area contributed by atoms with Crippen molar-refractivity contribution in [2.24, 2.45) is 0 Å². The summed E-state index contributed by atoms with van der Waals surface area (Å²) in [6.07, 6.45) is 1.83. The van der Waals surface area contributed by atoms with Gasteiger partial charge in [-0.1, -0.05) is 12.1 Å². The molecule has 1 amide bonds. The van der Waals surface area contributed by atoms with Crippen LogP contribution in [0.25, 0.3) is 0 Å². The third kappa shape index (κ3) is 3.85. The van der Waals surface area contributed by atoms with Crippen molar-refractivity contribution in [1.29, 1.82) is 0 Å². The van der Waals surface area contributed by atoms with E-state index in [1.807, 2.05) is 42.3 Å². The van der Waals surface area contributed by atoms with Crippen molar-refractivity contribution in [2.45, 2.75) is 13.5 Å². The summed E-state index contributed by atoms with van der Waals surface area (Å²) in [6, 6.07) is 7.45. The first-order valence-corrected chi connectivity index (χ1v) is 8.92. The standard InChI is InChI=1S/C17H22N4O2S/c1-2-23-15-6-4-3-5-14(15)16(22)21-9-7-20(8-10-21)12-13-11-19-17(18)24-13/h3-6,11H,2,7-10,12H2,1H3,(H2,18,19). The van der Waals surface area contributed by atoms with Crippen LogP contribution in [0.1, 0.15) is 22.2 Å². The van der Waals surface area contributed by atoms with E-state index in [0.717, 1.165) is 24.5 Å². The van der Waals surface area contributed by atoms with E-state index in [4.69, 9.17) is 10.5 Å². The number of hydrogen-bond acceptors (Lipinski definition) is 6. The van der Waals surface area contributed by atoms with E-state index in [-0.39, 0.29) is 5.91 Å². The van der Waals surface area contributed by atoms with Crippen LogP contribution < -0.4 is 10.5 Å². The number of carbonyl (C=O) groups is 1. The Morgan fingerprint density at radius 2 is 2.04 bits per heavy atom. The Hall–Kier alpha value is -2.12. The number of carbonyl (C=O) groups excluding carboxylic acids is 1. The van der Waals surface area contributed by atoms with Crippen molar-refractivity contribution in [3.63, 3.8) is 0 Å². The van der Waals surface area contributed by atoms with Crippen molar-refractivity contribution >= 4 is 22.4 Å². The van der Waals surface area contributed by atoms with Crippen LogP contribution in [0.4, 0.5) is 5.13 Å². The van der Waals surface area contributed by atoms with Crippen LogP contribution >= 0.6 is 11.3 Å². The number of nitrogens with zero attached hydrogens (tertiary/aromatic N) is 3. The summed E-state index contributed by atoms with van der Waals surface area (Å²) >= 11 is 1.52. The van der Waals surface area contributed by atoms with Gasteiger partial charge in [-0.15, -0.1) is 11.3 Å². The highest BCUT2D eigenvalue weighted by molar-refractivity contribution is 7.15. The molecule has 6 nitrogen and oxygen atoms in total. The number of rotatable bonds is 5. The fraction of sp³-hybridized carbons (Fsp3) is 0.412. The van der Waals surface area contributed by atoms with Gasteiger partial charge < -0.3 is 15.4 Å². The summed E-state index contributed by atoms with van der Waals surface area (Å²) in [5, 5.41) is 0.603. The molecule has 1 aliphatic heterocycles. The minimum absolute atomic E-state index is 0.0423. The van der Waals surface area contributed by atoms with Gasteiger partial charge in [0.2, 0.25) is 0 Å². The summed E-state index contributed by atoms with van der Waals surface area (Å²) in [5.41, 5.74) is 6.31. The Labute approximate surface area is 145 Å². The largest absolute Gasteiger partial charge is 0.493 e. The lowest BCUT2D eigenvalue weighted by Gasteiger charge is -2.34. The van der Waals surface area contributed by atoms with Crippen molar-refractivity contribution in [3.8, 4) is 5.75 Å². The monoisotopic (exact) mass is 346 g/mol. The molecule has 7 heteroatoms. The molecule has 3 rings (SSSR count). The number of hydrogen-bond donors (Lipinski definition) is 1. The highest BCUT2D eigenvalue weighted by Gasteiger charge is 2.24. The lowest BCUT2D eigenvalue weighted by molar-refractivity contribution is 0.0625. The van der Waals surface area contributed by atoms with Gasteiger partial charge in [0.05, 0.1) is 12.2 Å². The van der Waals surface area contributed by atoms with E-state index < -0.39 is 0 Å². The van der Waals surface area contributed by atoms with Gasteiger partial charge in [0.1, 0.15) is 5.75 Å². The molecule has 1 saturated heterocycles. The van der Waals surface area contributed by atoms with E-state index >= 15 is 0 Å². The number of para-hydroxylation sites is 1. The molecule has 1 aliphatic rings. The van der Waals surface area contributed by atoms with Crippen molar-refractivity contribution < 1.29 is 9.53 Å². The first kappa shape index (κ1) is 16.7. The average Bonchev–Trinajstić information content (AvgIpc) is 3.01. The molecule has 1 aromatic carbocycles. The summed E-state index contributed by atoms with van der Waals surface area (Å²) in [5.74, 6) is 0.702. The van der Waals surface area contributed by atoms with Gasteiger partial charge in [0.15, 0.2) is 5.13 Å². The predicted molar refractivity (Wildman–Crippen MR) is 95.3 cm³/mol. The summed E-state index contributed by atoms with van der Waals surface area (Å²) in [4.78, 5) is 22.2. The van der Waals surface area contributed by atoms with Crippen molar-refractivity contribution in [1.82, 2.24) is 14.8 Å². The highest BCUT2D eigenvalue weighted by Crippen LogP contribution is 2.22. The molecular formula is C17H22N4O2S. The summed E-state index contributed by atoms with van der Waals surface area (Å²) in [7, 11) is 0. The molecule has 0 radical (unpaired) electrons. The SMILES string of the molecule is CCOc1ccccc1C(=O)N1CCN(Cc2cnc(N)s2)CC1. The minimum Gasteiger partial charge on any atom is -0.493 e. The molecule has 0 spiro atoms. The van der Waals surface area contributed by atoms with Crippen LogP contribution in [0.5, 0.6) is 5.75 Å². The Bertz CT molecular complexity index is 695. The molecule has 24 heavy (non-hydrogen) atoms. The zero-order valence-electron chi connectivity index (χ0n) is 13.8. The molecular weight excluding hydrogens is 324 g/mol. The second-order valence-electron chi connectivity index (χ2n) is 5.66. The van der Waals surface area contributed by atoms with Crippen LogP contribution in [0.3, 0.4) is 0 Å².